The molecule has 1 amide bonds. The van der Waals surface area contributed by atoms with Gasteiger partial charge in [0.1, 0.15) is 11.6 Å². The first kappa shape index (κ1) is 15.0. The van der Waals surface area contributed by atoms with Crippen molar-refractivity contribution in [3.63, 3.8) is 0 Å². The van der Waals surface area contributed by atoms with Gasteiger partial charge < -0.3 is 14.8 Å². The Hall–Kier alpha value is -2.89. The predicted molar refractivity (Wildman–Crippen MR) is 80.9 cm³/mol. The van der Waals surface area contributed by atoms with Gasteiger partial charge >= 0.3 is 5.97 Å². The molecule has 0 radical (unpaired) electrons. The lowest BCUT2D eigenvalue weighted by atomic mass is 9.98. The third kappa shape index (κ3) is 3.01. The second kappa shape index (κ2) is 6.08. The van der Waals surface area contributed by atoms with Crippen molar-refractivity contribution in [3.05, 3.63) is 59.4 Å². The molecule has 0 saturated carbocycles. The Morgan fingerprint density at radius 3 is 2.87 bits per heavy atom. The molecule has 6 heteroatoms. The molecule has 1 atom stereocenters. The van der Waals surface area contributed by atoms with E-state index in [0.29, 0.717) is 17.0 Å². The summed E-state index contributed by atoms with van der Waals surface area (Å²) in [5, 5.41) is 2.66. The van der Waals surface area contributed by atoms with Crippen LogP contribution in [0.4, 0.5) is 10.1 Å². The van der Waals surface area contributed by atoms with Gasteiger partial charge in [0.2, 0.25) is 0 Å². The summed E-state index contributed by atoms with van der Waals surface area (Å²) in [6.07, 6.45) is -0.887. The maximum Gasteiger partial charge on any atom is 0.339 e. The van der Waals surface area contributed by atoms with Gasteiger partial charge in [0.25, 0.3) is 5.91 Å². The molecule has 2 aromatic carbocycles. The van der Waals surface area contributed by atoms with Gasteiger partial charge in [-0.25, -0.2) is 9.18 Å². The number of cyclic esters (lactones) is 1. The number of carbonyl (C=O) groups excluding carboxylic acids is 2. The lowest BCUT2D eigenvalue weighted by Crippen LogP contribution is -2.38. The van der Waals surface area contributed by atoms with E-state index in [1.54, 1.807) is 24.3 Å². The molecular formula is C17H14FNO4. The molecule has 0 saturated heterocycles. The molecule has 2 aromatic rings. The molecule has 1 unspecified atom stereocenters. The van der Waals surface area contributed by atoms with Gasteiger partial charge in [-0.2, -0.15) is 0 Å². The molecule has 5 nitrogen and oxygen atoms in total. The number of fused-ring (bicyclic) bond motifs is 1. The summed E-state index contributed by atoms with van der Waals surface area (Å²) in [6, 6.07) is 10.7. The molecule has 1 aliphatic rings. The number of esters is 1. The van der Waals surface area contributed by atoms with Crippen LogP contribution in [0, 0.1) is 5.82 Å². The summed E-state index contributed by atoms with van der Waals surface area (Å²) in [4.78, 5) is 24.3. The maximum atomic E-state index is 13.3. The van der Waals surface area contributed by atoms with Gasteiger partial charge in [-0.1, -0.05) is 12.1 Å². The number of methoxy groups -OCH3 is 1. The number of rotatable bonds is 3. The molecule has 118 valence electrons. The largest absolute Gasteiger partial charge is 0.495 e. The molecule has 0 aliphatic carbocycles. The van der Waals surface area contributed by atoms with Crippen LogP contribution in [-0.4, -0.2) is 25.1 Å². The van der Waals surface area contributed by atoms with Gasteiger partial charge in [-0.3, -0.25) is 4.79 Å². The highest BCUT2D eigenvalue weighted by atomic mass is 19.1. The number of ether oxygens (including phenoxy) is 2. The normalized spacial score (nSPS) is 16.3. The Balaban J connectivity index is 1.80. The quantitative estimate of drug-likeness (QED) is 0.884. The van der Waals surface area contributed by atoms with E-state index in [1.807, 2.05) is 0 Å². The van der Waals surface area contributed by atoms with Crippen LogP contribution in [0.1, 0.15) is 15.9 Å². The number of benzene rings is 2. The topological polar surface area (TPSA) is 64.6 Å². The fourth-order valence-electron chi connectivity index (χ4n) is 2.47. The van der Waals surface area contributed by atoms with E-state index in [0.717, 1.165) is 0 Å². The van der Waals surface area contributed by atoms with E-state index in [-0.39, 0.29) is 12.0 Å². The summed E-state index contributed by atoms with van der Waals surface area (Å²) in [5.74, 6) is -1.08. The first-order valence-corrected chi connectivity index (χ1v) is 7.02. The summed E-state index contributed by atoms with van der Waals surface area (Å²) >= 11 is 0. The van der Waals surface area contributed by atoms with E-state index in [2.05, 4.69) is 5.32 Å². The molecule has 23 heavy (non-hydrogen) atoms. The highest BCUT2D eigenvalue weighted by molar-refractivity contribution is 6.00. The Morgan fingerprint density at radius 2 is 2.09 bits per heavy atom. The van der Waals surface area contributed by atoms with Crippen molar-refractivity contribution in [1.29, 1.82) is 0 Å². The fourth-order valence-corrected chi connectivity index (χ4v) is 2.47. The monoisotopic (exact) mass is 315 g/mol. The summed E-state index contributed by atoms with van der Waals surface area (Å²) in [7, 11) is 1.49. The molecule has 1 N–H and O–H groups in total. The molecule has 3 rings (SSSR count). The summed E-state index contributed by atoms with van der Waals surface area (Å²) in [5.41, 5.74) is 1.22. The SMILES string of the molecule is COc1ccccc1NC(=O)C1Cc2cc(F)ccc2C(=O)O1. The van der Waals surface area contributed by atoms with Crippen molar-refractivity contribution < 1.29 is 23.5 Å². The third-order valence-electron chi connectivity index (χ3n) is 3.60. The van der Waals surface area contributed by atoms with E-state index in [4.69, 9.17) is 9.47 Å². The van der Waals surface area contributed by atoms with Gasteiger partial charge in [0, 0.05) is 6.42 Å². The number of anilines is 1. The number of carbonyl (C=O) groups is 2. The van der Waals surface area contributed by atoms with Crippen molar-refractivity contribution in [3.8, 4) is 5.75 Å². The highest BCUT2D eigenvalue weighted by Gasteiger charge is 2.31. The van der Waals surface area contributed by atoms with Crippen LogP contribution in [0.2, 0.25) is 0 Å². The molecule has 0 aromatic heterocycles. The summed E-state index contributed by atoms with van der Waals surface area (Å²) < 4.78 is 23.6. The summed E-state index contributed by atoms with van der Waals surface area (Å²) in [6.45, 7) is 0. The lowest BCUT2D eigenvalue weighted by molar-refractivity contribution is -0.125. The smallest absolute Gasteiger partial charge is 0.339 e. The van der Waals surface area contributed by atoms with Crippen LogP contribution < -0.4 is 10.1 Å². The maximum absolute atomic E-state index is 13.3. The van der Waals surface area contributed by atoms with Crippen molar-refractivity contribution in [1.82, 2.24) is 0 Å². The number of nitrogens with one attached hydrogen (secondary N) is 1. The third-order valence-corrected chi connectivity index (χ3v) is 3.60. The van der Waals surface area contributed by atoms with Gasteiger partial charge in [0.05, 0.1) is 18.4 Å². The van der Waals surface area contributed by atoms with Crippen molar-refractivity contribution >= 4 is 17.6 Å². The first-order valence-electron chi connectivity index (χ1n) is 7.02. The van der Waals surface area contributed by atoms with Crippen LogP contribution in [0.3, 0.4) is 0 Å². The van der Waals surface area contributed by atoms with Crippen LogP contribution in [0.15, 0.2) is 42.5 Å². The Labute approximate surface area is 132 Å². The molecular weight excluding hydrogens is 301 g/mol. The number of halogens is 1. The lowest BCUT2D eigenvalue weighted by Gasteiger charge is -2.24. The zero-order valence-electron chi connectivity index (χ0n) is 12.3. The van der Waals surface area contributed by atoms with Crippen LogP contribution >= 0.6 is 0 Å². The number of amides is 1. The average Bonchev–Trinajstić information content (AvgIpc) is 2.54. The minimum absolute atomic E-state index is 0.125. The number of para-hydroxylation sites is 2. The van der Waals surface area contributed by atoms with Crippen LogP contribution in [0.25, 0.3) is 0 Å². The van der Waals surface area contributed by atoms with Crippen LogP contribution in [-0.2, 0) is 16.0 Å². The Bertz CT molecular complexity index is 775. The zero-order valence-corrected chi connectivity index (χ0v) is 12.3. The second-order valence-corrected chi connectivity index (χ2v) is 5.09. The Morgan fingerprint density at radius 1 is 1.30 bits per heavy atom. The van der Waals surface area contributed by atoms with Crippen molar-refractivity contribution in [2.24, 2.45) is 0 Å². The minimum atomic E-state index is -1.01. The van der Waals surface area contributed by atoms with E-state index in [1.165, 1.54) is 25.3 Å². The van der Waals surface area contributed by atoms with E-state index in [9.17, 15) is 14.0 Å². The number of hydrogen-bond acceptors (Lipinski definition) is 4. The van der Waals surface area contributed by atoms with E-state index < -0.39 is 23.8 Å². The van der Waals surface area contributed by atoms with Crippen LogP contribution in [0.5, 0.6) is 5.75 Å². The molecule has 1 heterocycles. The van der Waals surface area contributed by atoms with Crippen molar-refractivity contribution in [2.75, 3.05) is 12.4 Å². The molecule has 0 spiro atoms. The zero-order chi connectivity index (χ0) is 16.4. The number of hydrogen-bond donors (Lipinski definition) is 1. The average molecular weight is 315 g/mol. The first-order chi connectivity index (χ1) is 11.1. The molecule has 0 bridgehead atoms. The van der Waals surface area contributed by atoms with Gasteiger partial charge in [0.15, 0.2) is 6.10 Å². The molecule has 1 aliphatic heterocycles. The van der Waals surface area contributed by atoms with Gasteiger partial charge in [-0.15, -0.1) is 0 Å². The van der Waals surface area contributed by atoms with E-state index >= 15 is 0 Å². The fraction of sp³-hybridized carbons (Fsp3) is 0.176. The molecule has 0 fully saturated rings. The van der Waals surface area contributed by atoms with Crippen molar-refractivity contribution in [2.45, 2.75) is 12.5 Å². The predicted octanol–water partition coefficient (Wildman–Crippen LogP) is 2.55. The Kier molecular flexibility index (Phi) is 3.97. The standard InChI is InChI=1S/C17H14FNO4/c1-22-14-5-3-2-4-13(14)19-16(20)15-9-10-8-11(18)6-7-12(10)17(21)23-15/h2-8,15H,9H2,1H3,(H,19,20). The van der Waals surface area contributed by atoms with Gasteiger partial charge in [-0.05, 0) is 35.9 Å². The minimum Gasteiger partial charge on any atom is -0.495 e. The second-order valence-electron chi connectivity index (χ2n) is 5.09. The highest BCUT2D eigenvalue weighted by Crippen LogP contribution is 2.26.